The van der Waals surface area contributed by atoms with Crippen molar-refractivity contribution < 1.29 is 37.3 Å². The number of rotatable bonds is 11. The second-order valence-electron chi connectivity index (χ2n) is 11.6. The molecule has 1 atom stereocenters. The first-order chi connectivity index (χ1) is 22.7. The van der Waals surface area contributed by atoms with Gasteiger partial charge in [-0.3, -0.25) is 9.78 Å². The molecule has 1 aliphatic heterocycles. The van der Waals surface area contributed by atoms with Crippen LogP contribution in [0.3, 0.4) is 0 Å². The Balaban J connectivity index is 1.09. The zero-order valence-corrected chi connectivity index (χ0v) is 24.9. The van der Waals surface area contributed by atoms with Crippen molar-refractivity contribution >= 4 is 22.9 Å². The van der Waals surface area contributed by atoms with Gasteiger partial charge in [-0.15, -0.1) is 0 Å². The molecule has 2 N–H and O–H groups in total. The molecular weight excluding hydrogens is 615 g/mol. The summed E-state index contributed by atoms with van der Waals surface area (Å²) in [6.45, 7) is 0.764. The monoisotopic (exact) mass is 643 g/mol. The van der Waals surface area contributed by atoms with Gasteiger partial charge in [-0.2, -0.15) is 0 Å². The number of carbonyl (C=O) groups excluding carboxylic acids is 1. The number of aromatic carboxylic acids is 1. The summed E-state index contributed by atoms with van der Waals surface area (Å²) in [7, 11) is 0. The molecule has 1 saturated carbocycles. The molecule has 0 bridgehead atoms. The van der Waals surface area contributed by atoms with Crippen molar-refractivity contribution in [2.24, 2.45) is 0 Å². The third kappa shape index (κ3) is 6.52. The number of carboxylic acid groups (broad SMARTS) is 1. The summed E-state index contributed by atoms with van der Waals surface area (Å²) in [5, 5.41) is 12.2. The van der Waals surface area contributed by atoms with E-state index in [0.717, 1.165) is 37.5 Å². The molecule has 0 spiro atoms. The highest BCUT2D eigenvalue weighted by Gasteiger charge is 2.25. The fourth-order valence-corrected chi connectivity index (χ4v) is 5.34. The second kappa shape index (κ2) is 12.5. The lowest BCUT2D eigenvalue weighted by molar-refractivity contribution is -0.0589. The predicted octanol–water partition coefficient (Wildman–Crippen LogP) is 5.46. The number of nitrogens with zero attached hydrogens (tertiary/aromatic N) is 4. The fraction of sp³-hybridized carbons (Fsp3) is 0.265. The minimum Gasteiger partial charge on any atom is -0.478 e. The van der Waals surface area contributed by atoms with E-state index in [2.05, 4.69) is 20.3 Å². The van der Waals surface area contributed by atoms with Gasteiger partial charge in [0.15, 0.2) is 0 Å². The molecular formula is C34H28F3N5O5. The van der Waals surface area contributed by atoms with Gasteiger partial charge in [-0.05, 0) is 61.2 Å². The summed E-state index contributed by atoms with van der Waals surface area (Å²) in [4.78, 5) is 36.6. The maximum atomic E-state index is 15.5. The van der Waals surface area contributed by atoms with E-state index in [-0.39, 0.29) is 64.7 Å². The number of ether oxygens (including phenoxy) is 2. The van der Waals surface area contributed by atoms with Crippen LogP contribution in [-0.2, 0) is 24.3 Å². The molecule has 10 nitrogen and oxygen atoms in total. The molecule has 1 aliphatic carbocycles. The van der Waals surface area contributed by atoms with Crippen molar-refractivity contribution in [2.45, 2.75) is 51.0 Å². The Morgan fingerprint density at radius 1 is 0.979 bits per heavy atom. The van der Waals surface area contributed by atoms with E-state index in [1.54, 1.807) is 16.7 Å². The molecule has 5 aromatic rings. The number of aromatic nitrogens is 4. The van der Waals surface area contributed by atoms with E-state index < -0.39 is 29.3 Å². The minimum absolute atomic E-state index is 0.0313. The highest BCUT2D eigenvalue weighted by molar-refractivity contribution is 5.93. The van der Waals surface area contributed by atoms with Crippen LogP contribution in [0.25, 0.3) is 22.3 Å². The van der Waals surface area contributed by atoms with Crippen molar-refractivity contribution in [2.75, 3.05) is 6.61 Å². The number of halogens is 3. The maximum Gasteiger partial charge on any atom is 0.335 e. The van der Waals surface area contributed by atoms with Gasteiger partial charge in [0, 0.05) is 48.5 Å². The fourth-order valence-electron chi connectivity index (χ4n) is 5.34. The number of nitrogens with one attached hydrogen (secondary N) is 1. The quantitative estimate of drug-likeness (QED) is 0.194. The molecule has 1 saturated heterocycles. The Hall–Kier alpha value is -5.30. The van der Waals surface area contributed by atoms with E-state index >= 15 is 8.78 Å². The molecule has 47 heavy (non-hydrogen) atoms. The zero-order valence-electron chi connectivity index (χ0n) is 24.9. The number of hydrogen-bond donors (Lipinski definition) is 2. The lowest BCUT2D eigenvalue weighted by Gasteiger charge is -2.27. The number of fused-ring (bicyclic) bond motifs is 1. The van der Waals surface area contributed by atoms with Gasteiger partial charge < -0.3 is 24.5 Å². The Morgan fingerprint density at radius 3 is 2.51 bits per heavy atom. The van der Waals surface area contributed by atoms with Crippen LogP contribution in [0.2, 0.25) is 0 Å². The average molecular weight is 644 g/mol. The van der Waals surface area contributed by atoms with E-state index in [4.69, 9.17) is 9.47 Å². The number of carbonyl (C=O) groups is 2. The van der Waals surface area contributed by atoms with Gasteiger partial charge in [-0.25, -0.2) is 27.9 Å². The first-order valence-corrected chi connectivity index (χ1v) is 15.1. The van der Waals surface area contributed by atoms with Crippen molar-refractivity contribution in [3.05, 3.63) is 106 Å². The van der Waals surface area contributed by atoms with Crippen LogP contribution in [0.1, 0.15) is 57.1 Å². The van der Waals surface area contributed by atoms with Crippen LogP contribution in [0.15, 0.2) is 60.8 Å². The lowest BCUT2D eigenvalue weighted by atomic mass is 10.0. The van der Waals surface area contributed by atoms with E-state index in [9.17, 15) is 19.1 Å². The first-order valence-electron chi connectivity index (χ1n) is 15.1. The number of benzene rings is 2. The Morgan fingerprint density at radius 2 is 1.79 bits per heavy atom. The molecule has 7 rings (SSSR count). The normalized spacial score (nSPS) is 15.8. The number of carboxylic acids is 1. The number of amides is 1. The summed E-state index contributed by atoms with van der Waals surface area (Å²) in [5.41, 5.74) is 1.32. The summed E-state index contributed by atoms with van der Waals surface area (Å²) in [5.74, 6) is -3.11. The number of imidazole rings is 1. The van der Waals surface area contributed by atoms with Crippen molar-refractivity contribution in [3.63, 3.8) is 0 Å². The van der Waals surface area contributed by atoms with Gasteiger partial charge in [0.05, 0.1) is 34.9 Å². The van der Waals surface area contributed by atoms with E-state index in [1.165, 1.54) is 30.5 Å². The average Bonchev–Trinajstić information content (AvgIpc) is 3.79. The summed E-state index contributed by atoms with van der Waals surface area (Å²) < 4.78 is 58.7. The van der Waals surface area contributed by atoms with Crippen molar-refractivity contribution in [1.82, 2.24) is 24.8 Å². The first kappa shape index (κ1) is 30.4. The highest BCUT2D eigenvalue weighted by Crippen LogP contribution is 2.29. The highest BCUT2D eigenvalue weighted by atomic mass is 19.1. The third-order valence-electron chi connectivity index (χ3n) is 8.19. The summed E-state index contributed by atoms with van der Waals surface area (Å²) in [6.07, 6.45) is 3.69. The van der Waals surface area contributed by atoms with Gasteiger partial charge in [-0.1, -0.05) is 6.07 Å². The lowest BCUT2D eigenvalue weighted by Crippen LogP contribution is -2.31. The largest absolute Gasteiger partial charge is 0.478 e. The van der Waals surface area contributed by atoms with Crippen LogP contribution in [0, 0.1) is 17.5 Å². The summed E-state index contributed by atoms with van der Waals surface area (Å²) in [6, 6.07) is 12.4. The van der Waals surface area contributed by atoms with E-state index in [0.29, 0.717) is 30.0 Å². The third-order valence-corrected chi connectivity index (χ3v) is 8.19. The Kier molecular flexibility index (Phi) is 8.06. The van der Waals surface area contributed by atoms with Crippen molar-refractivity contribution in [3.8, 4) is 17.1 Å². The standard InChI is InChI=1S/C34H28F3N5O5/c35-24-13-23(27-2-1-3-32(41-27)47-17-20-15-38-29(14-25(20)36)33(43)39-21-5-6-21)26(37)10-19(24)12-31-40-28-7-4-18(34(44)45)11-30(28)42(31)16-22-8-9-46-22/h1-4,7,10-11,13-15,21-22H,5-6,8-9,12,16-17H2,(H,39,43)(H,44,45). The smallest absolute Gasteiger partial charge is 0.335 e. The summed E-state index contributed by atoms with van der Waals surface area (Å²) >= 11 is 0. The van der Waals surface area contributed by atoms with Gasteiger partial charge >= 0.3 is 5.97 Å². The Bertz CT molecular complexity index is 2030. The SMILES string of the molecule is O=C(O)c1ccc2nc(Cc3cc(F)c(-c4cccc(OCc5cnc(C(=O)NC6CC6)cc5F)n4)cc3F)n(CC3CCO3)c2c1. The van der Waals surface area contributed by atoms with Gasteiger partial charge in [0.2, 0.25) is 5.88 Å². The van der Waals surface area contributed by atoms with Crippen LogP contribution in [0.4, 0.5) is 13.2 Å². The van der Waals surface area contributed by atoms with Crippen LogP contribution < -0.4 is 10.1 Å². The molecule has 3 aromatic heterocycles. The molecule has 2 aliphatic rings. The molecule has 1 amide bonds. The second-order valence-corrected chi connectivity index (χ2v) is 11.6. The molecule has 0 radical (unpaired) electrons. The topological polar surface area (TPSA) is 128 Å². The minimum atomic E-state index is -1.08. The molecule has 13 heteroatoms. The van der Waals surface area contributed by atoms with E-state index in [1.807, 2.05) is 0 Å². The maximum absolute atomic E-state index is 15.5. The van der Waals surface area contributed by atoms with Crippen LogP contribution in [0.5, 0.6) is 5.88 Å². The predicted molar refractivity (Wildman–Crippen MR) is 162 cm³/mol. The molecule has 2 aromatic carbocycles. The molecule has 4 heterocycles. The molecule has 2 fully saturated rings. The van der Waals surface area contributed by atoms with Crippen molar-refractivity contribution in [1.29, 1.82) is 0 Å². The number of hydrogen-bond acceptors (Lipinski definition) is 7. The van der Waals surface area contributed by atoms with Crippen LogP contribution in [-0.4, -0.2) is 55.3 Å². The van der Waals surface area contributed by atoms with Crippen LogP contribution >= 0.6 is 0 Å². The number of pyridine rings is 2. The Labute approximate surface area is 266 Å². The van der Waals surface area contributed by atoms with Gasteiger partial charge in [0.1, 0.15) is 35.6 Å². The zero-order chi connectivity index (χ0) is 32.7. The van der Waals surface area contributed by atoms with Gasteiger partial charge in [0.25, 0.3) is 5.91 Å². The molecule has 1 unspecified atom stereocenters. The molecule has 240 valence electrons.